The van der Waals surface area contributed by atoms with Crippen molar-refractivity contribution in [2.45, 2.75) is 105 Å². The topological polar surface area (TPSA) is 74.6 Å². The average molecular weight is 419 g/mol. The zero-order chi connectivity index (χ0) is 22.5. The Morgan fingerprint density at radius 1 is 0.767 bits per heavy atom. The van der Waals surface area contributed by atoms with Gasteiger partial charge >= 0.3 is 11.9 Å². The smallest absolute Gasteiger partial charge is 0.336 e. The molecule has 0 radical (unpaired) electrons. The molecule has 2 unspecified atom stereocenters. The van der Waals surface area contributed by atoms with Gasteiger partial charge < -0.3 is 10.2 Å². The maximum absolute atomic E-state index is 12.2. The highest BCUT2D eigenvalue weighted by molar-refractivity contribution is 6.03. The molecule has 1 rings (SSSR count). The highest BCUT2D eigenvalue weighted by Gasteiger charge is 2.25. The fourth-order valence-electron chi connectivity index (χ4n) is 4.52. The van der Waals surface area contributed by atoms with Crippen molar-refractivity contribution < 1.29 is 19.8 Å². The Kier molecular flexibility index (Phi) is 12.4. The minimum absolute atomic E-state index is 0.0148. The number of carbonyl (C=O) groups is 2. The lowest BCUT2D eigenvalue weighted by atomic mass is 9.81. The molecule has 4 nitrogen and oxygen atoms in total. The van der Waals surface area contributed by atoms with E-state index in [4.69, 9.17) is 0 Å². The van der Waals surface area contributed by atoms with Crippen molar-refractivity contribution in [2.75, 3.05) is 0 Å². The first-order chi connectivity index (χ1) is 14.4. The summed E-state index contributed by atoms with van der Waals surface area (Å²) in [6.07, 6.45) is 12.7. The molecule has 2 N–H and O–H groups in total. The van der Waals surface area contributed by atoms with Crippen LogP contribution >= 0.6 is 0 Å². The van der Waals surface area contributed by atoms with Gasteiger partial charge in [-0.2, -0.15) is 0 Å². The summed E-state index contributed by atoms with van der Waals surface area (Å²) in [7, 11) is 0. The normalized spacial score (nSPS) is 13.2. The van der Waals surface area contributed by atoms with E-state index < -0.39 is 11.9 Å². The Hall–Kier alpha value is -1.84. The number of unbranched alkanes of at least 4 members (excludes halogenated alkanes) is 3. The molecular weight excluding hydrogens is 376 g/mol. The van der Waals surface area contributed by atoms with Crippen LogP contribution in [0.5, 0.6) is 0 Å². The minimum atomic E-state index is -1.16. The standard InChI is InChI=1S/C26H42O4/c1-5-9-11-14-19(8-4)17-21-15-16-22(25(27)28)24(26(29)30)23(21)18-20(12-7-3)13-10-6-2/h15-16,19-20H,5-14,17-18H2,1-4H3,(H,27,28)(H,29,30). The van der Waals surface area contributed by atoms with Crippen molar-refractivity contribution >= 4 is 11.9 Å². The molecule has 0 spiro atoms. The Morgan fingerprint density at radius 2 is 1.43 bits per heavy atom. The van der Waals surface area contributed by atoms with E-state index >= 15 is 0 Å². The highest BCUT2D eigenvalue weighted by Crippen LogP contribution is 2.30. The molecule has 0 fully saturated rings. The number of carboxylic acids is 2. The number of rotatable bonds is 16. The lowest BCUT2D eigenvalue weighted by Gasteiger charge is -2.23. The van der Waals surface area contributed by atoms with Crippen LogP contribution in [0, 0.1) is 11.8 Å². The van der Waals surface area contributed by atoms with Gasteiger partial charge in [-0.3, -0.25) is 0 Å². The van der Waals surface area contributed by atoms with Crippen LogP contribution in [0.15, 0.2) is 12.1 Å². The molecule has 0 heterocycles. The predicted octanol–water partition coefficient (Wildman–Crippen LogP) is 7.38. The summed E-state index contributed by atoms with van der Waals surface area (Å²) in [5.41, 5.74) is 1.75. The molecule has 4 heteroatoms. The third-order valence-corrected chi connectivity index (χ3v) is 6.31. The van der Waals surface area contributed by atoms with Gasteiger partial charge in [-0.25, -0.2) is 9.59 Å². The monoisotopic (exact) mass is 418 g/mol. The Morgan fingerprint density at radius 3 is 1.97 bits per heavy atom. The first-order valence-electron chi connectivity index (χ1n) is 12.0. The lowest BCUT2D eigenvalue weighted by Crippen LogP contribution is -2.18. The molecular formula is C26H42O4. The predicted molar refractivity (Wildman–Crippen MR) is 124 cm³/mol. The number of aromatic carboxylic acids is 2. The van der Waals surface area contributed by atoms with Crippen LogP contribution < -0.4 is 0 Å². The summed E-state index contributed by atoms with van der Waals surface area (Å²) in [4.78, 5) is 23.9. The molecule has 0 bridgehead atoms. The molecule has 0 aromatic heterocycles. The molecule has 0 saturated heterocycles. The molecule has 0 aliphatic rings. The molecule has 2 atom stereocenters. The van der Waals surface area contributed by atoms with E-state index in [0.29, 0.717) is 18.3 Å². The molecule has 0 saturated carbocycles. The van der Waals surface area contributed by atoms with Crippen molar-refractivity contribution in [3.8, 4) is 0 Å². The summed E-state index contributed by atoms with van der Waals surface area (Å²) in [5, 5.41) is 19.6. The van der Waals surface area contributed by atoms with E-state index in [-0.39, 0.29) is 11.1 Å². The van der Waals surface area contributed by atoms with E-state index in [1.54, 1.807) is 0 Å². The zero-order valence-electron chi connectivity index (χ0n) is 19.5. The third kappa shape index (κ3) is 8.12. The summed E-state index contributed by atoms with van der Waals surface area (Å²) in [5.74, 6) is -1.37. The Labute approximate surface area is 183 Å². The van der Waals surface area contributed by atoms with Gasteiger partial charge in [0, 0.05) is 0 Å². The second-order valence-corrected chi connectivity index (χ2v) is 8.71. The van der Waals surface area contributed by atoms with Gasteiger partial charge in [-0.1, -0.05) is 98.0 Å². The largest absolute Gasteiger partial charge is 0.478 e. The van der Waals surface area contributed by atoms with Gasteiger partial charge in [-0.15, -0.1) is 0 Å². The summed E-state index contributed by atoms with van der Waals surface area (Å²) in [6.45, 7) is 8.73. The molecule has 30 heavy (non-hydrogen) atoms. The van der Waals surface area contributed by atoms with Crippen LogP contribution in [-0.4, -0.2) is 22.2 Å². The second kappa shape index (κ2) is 14.2. The van der Waals surface area contributed by atoms with Gasteiger partial charge in [0.05, 0.1) is 11.1 Å². The van der Waals surface area contributed by atoms with E-state index in [9.17, 15) is 19.8 Å². The minimum Gasteiger partial charge on any atom is -0.478 e. The van der Waals surface area contributed by atoms with Crippen LogP contribution in [0.2, 0.25) is 0 Å². The number of hydrogen-bond acceptors (Lipinski definition) is 2. The maximum atomic E-state index is 12.2. The SMILES string of the molecule is CCCCCC(CC)Cc1ccc(C(=O)O)c(C(=O)O)c1CC(CCC)CCCC. The second-order valence-electron chi connectivity index (χ2n) is 8.71. The van der Waals surface area contributed by atoms with E-state index in [0.717, 1.165) is 62.5 Å². The zero-order valence-corrected chi connectivity index (χ0v) is 19.5. The fraction of sp³-hybridized carbons (Fsp3) is 0.692. The quantitative estimate of drug-likeness (QED) is 0.275. The first-order valence-corrected chi connectivity index (χ1v) is 12.0. The maximum Gasteiger partial charge on any atom is 0.336 e. The van der Waals surface area contributed by atoms with Crippen molar-refractivity contribution in [3.63, 3.8) is 0 Å². The summed E-state index contributed by atoms with van der Waals surface area (Å²) >= 11 is 0. The van der Waals surface area contributed by atoms with Gasteiger partial charge in [0.15, 0.2) is 0 Å². The van der Waals surface area contributed by atoms with Crippen LogP contribution in [0.4, 0.5) is 0 Å². The molecule has 0 aliphatic heterocycles. The third-order valence-electron chi connectivity index (χ3n) is 6.31. The van der Waals surface area contributed by atoms with Gasteiger partial charge in [0.25, 0.3) is 0 Å². The van der Waals surface area contributed by atoms with Crippen molar-refractivity contribution in [3.05, 3.63) is 34.4 Å². The van der Waals surface area contributed by atoms with Crippen LogP contribution in [-0.2, 0) is 12.8 Å². The van der Waals surface area contributed by atoms with Gasteiger partial charge in [0.1, 0.15) is 0 Å². The lowest BCUT2D eigenvalue weighted by molar-refractivity contribution is 0.0650. The van der Waals surface area contributed by atoms with Gasteiger partial charge in [-0.05, 0) is 41.9 Å². The summed E-state index contributed by atoms with van der Waals surface area (Å²) < 4.78 is 0. The fourth-order valence-corrected chi connectivity index (χ4v) is 4.52. The van der Waals surface area contributed by atoms with Crippen LogP contribution in [0.25, 0.3) is 0 Å². The van der Waals surface area contributed by atoms with Crippen molar-refractivity contribution in [2.24, 2.45) is 11.8 Å². The Balaban J connectivity index is 3.36. The van der Waals surface area contributed by atoms with Crippen molar-refractivity contribution in [1.29, 1.82) is 0 Å². The number of carboxylic acid groups (broad SMARTS) is 2. The number of hydrogen-bond donors (Lipinski definition) is 2. The first kappa shape index (κ1) is 26.2. The molecule has 0 amide bonds. The number of benzene rings is 1. The van der Waals surface area contributed by atoms with Crippen molar-refractivity contribution in [1.82, 2.24) is 0 Å². The van der Waals surface area contributed by atoms with Crippen LogP contribution in [0.3, 0.4) is 0 Å². The molecule has 1 aromatic carbocycles. The van der Waals surface area contributed by atoms with E-state index in [1.165, 1.54) is 25.3 Å². The summed E-state index contributed by atoms with van der Waals surface area (Å²) in [6, 6.07) is 3.39. The van der Waals surface area contributed by atoms with Gasteiger partial charge in [0.2, 0.25) is 0 Å². The Bertz CT molecular complexity index is 665. The highest BCUT2D eigenvalue weighted by atomic mass is 16.4. The van der Waals surface area contributed by atoms with E-state index in [1.807, 2.05) is 6.07 Å². The van der Waals surface area contributed by atoms with Crippen LogP contribution in [0.1, 0.15) is 124 Å². The molecule has 0 aliphatic carbocycles. The van der Waals surface area contributed by atoms with E-state index in [2.05, 4.69) is 27.7 Å². The average Bonchev–Trinajstić information content (AvgIpc) is 2.71. The molecule has 1 aromatic rings. The molecule has 170 valence electrons.